The van der Waals surface area contributed by atoms with Crippen LogP contribution in [0.25, 0.3) is 0 Å². The van der Waals surface area contributed by atoms with E-state index in [9.17, 15) is 14.4 Å². The summed E-state index contributed by atoms with van der Waals surface area (Å²) in [4.78, 5) is 37.9. The molecule has 366 valence electrons. The van der Waals surface area contributed by atoms with Crippen LogP contribution in [-0.2, 0) is 28.6 Å². The SMILES string of the molecule is CC/C=C\C/C=C\C/C=C\C/C=C\C/C=C\CCCCCCCCCC(=O)OCC(COC(=O)CCCCCCCCCCCC)OC(=O)CCCCCCC/C=C\C/C=C\CCC. The minimum atomic E-state index is -0.786. The number of hydrogen-bond donors (Lipinski definition) is 0. The van der Waals surface area contributed by atoms with Crippen molar-refractivity contribution in [3.8, 4) is 0 Å². The number of carbonyl (C=O) groups is 3. The van der Waals surface area contributed by atoms with Gasteiger partial charge in [-0.05, 0) is 89.9 Å². The van der Waals surface area contributed by atoms with E-state index in [4.69, 9.17) is 14.2 Å². The highest BCUT2D eigenvalue weighted by molar-refractivity contribution is 5.71. The fourth-order valence-electron chi connectivity index (χ4n) is 7.15. The third kappa shape index (κ3) is 49.6. The summed E-state index contributed by atoms with van der Waals surface area (Å²) in [5.41, 5.74) is 0. The van der Waals surface area contributed by atoms with Gasteiger partial charge in [-0.25, -0.2) is 0 Å². The van der Waals surface area contributed by atoms with Crippen molar-refractivity contribution < 1.29 is 28.6 Å². The molecule has 0 aliphatic rings. The lowest BCUT2D eigenvalue weighted by molar-refractivity contribution is -0.167. The Balaban J connectivity index is 4.32. The molecule has 6 nitrogen and oxygen atoms in total. The predicted octanol–water partition coefficient (Wildman–Crippen LogP) is 17.6. The maximum Gasteiger partial charge on any atom is 0.306 e. The topological polar surface area (TPSA) is 78.9 Å². The molecule has 0 aromatic heterocycles. The second-order valence-corrected chi connectivity index (χ2v) is 17.4. The molecule has 1 unspecified atom stereocenters. The summed E-state index contributed by atoms with van der Waals surface area (Å²) >= 11 is 0. The van der Waals surface area contributed by atoms with Crippen LogP contribution in [0.1, 0.15) is 245 Å². The molecule has 0 aliphatic heterocycles. The van der Waals surface area contributed by atoms with Gasteiger partial charge < -0.3 is 14.2 Å². The average Bonchev–Trinajstić information content (AvgIpc) is 3.29. The van der Waals surface area contributed by atoms with E-state index in [0.29, 0.717) is 19.3 Å². The van der Waals surface area contributed by atoms with E-state index in [1.165, 1.54) is 77.0 Å². The van der Waals surface area contributed by atoms with E-state index < -0.39 is 6.10 Å². The van der Waals surface area contributed by atoms with Crippen molar-refractivity contribution in [1.29, 1.82) is 0 Å². The highest BCUT2D eigenvalue weighted by atomic mass is 16.6. The van der Waals surface area contributed by atoms with Gasteiger partial charge in [-0.2, -0.15) is 0 Å². The average molecular weight is 891 g/mol. The monoisotopic (exact) mass is 891 g/mol. The Labute approximate surface area is 395 Å². The normalized spacial score (nSPS) is 12.7. The van der Waals surface area contributed by atoms with Crippen LogP contribution in [0.5, 0.6) is 0 Å². The number of ether oxygens (including phenoxy) is 3. The molecule has 64 heavy (non-hydrogen) atoms. The number of rotatable bonds is 47. The minimum absolute atomic E-state index is 0.0847. The molecule has 0 heterocycles. The Morgan fingerprint density at radius 2 is 0.641 bits per heavy atom. The number of allylic oxidation sites excluding steroid dienone is 14. The minimum Gasteiger partial charge on any atom is -0.462 e. The van der Waals surface area contributed by atoms with E-state index in [1.807, 2.05) is 0 Å². The summed E-state index contributed by atoms with van der Waals surface area (Å²) in [6.45, 7) is 6.42. The lowest BCUT2D eigenvalue weighted by Crippen LogP contribution is -2.30. The van der Waals surface area contributed by atoms with Crippen LogP contribution in [0.4, 0.5) is 0 Å². The van der Waals surface area contributed by atoms with Crippen LogP contribution in [0.15, 0.2) is 85.1 Å². The summed E-state index contributed by atoms with van der Waals surface area (Å²) in [6, 6.07) is 0. The van der Waals surface area contributed by atoms with Gasteiger partial charge in [0.25, 0.3) is 0 Å². The van der Waals surface area contributed by atoms with Gasteiger partial charge in [0.1, 0.15) is 13.2 Å². The van der Waals surface area contributed by atoms with Gasteiger partial charge in [0, 0.05) is 19.3 Å². The third-order valence-corrected chi connectivity index (χ3v) is 11.1. The zero-order valence-electron chi connectivity index (χ0n) is 41.8. The van der Waals surface area contributed by atoms with Crippen molar-refractivity contribution in [2.75, 3.05) is 13.2 Å². The molecule has 0 aliphatic carbocycles. The van der Waals surface area contributed by atoms with E-state index in [0.717, 1.165) is 128 Å². The third-order valence-electron chi connectivity index (χ3n) is 11.1. The largest absolute Gasteiger partial charge is 0.462 e. The van der Waals surface area contributed by atoms with Crippen LogP contribution in [0.3, 0.4) is 0 Å². The first-order valence-electron chi connectivity index (χ1n) is 26.6. The maximum atomic E-state index is 12.8. The molecule has 6 heteroatoms. The predicted molar refractivity (Wildman–Crippen MR) is 274 cm³/mol. The van der Waals surface area contributed by atoms with E-state index in [-0.39, 0.29) is 31.1 Å². The molecule has 0 saturated carbocycles. The number of hydrogen-bond acceptors (Lipinski definition) is 6. The summed E-state index contributed by atoms with van der Waals surface area (Å²) in [6.07, 6.45) is 67.1. The highest BCUT2D eigenvalue weighted by Gasteiger charge is 2.19. The summed E-state index contributed by atoms with van der Waals surface area (Å²) in [5.74, 6) is -0.912. The number of unbranched alkanes of at least 4 members (excludes halogenated alkanes) is 22. The Hall–Kier alpha value is -3.41. The van der Waals surface area contributed by atoms with Crippen molar-refractivity contribution in [3.05, 3.63) is 85.1 Å². The van der Waals surface area contributed by atoms with E-state index in [1.54, 1.807) is 0 Å². The molecular formula is C58H98O6. The molecule has 0 saturated heterocycles. The molecule has 0 fully saturated rings. The summed E-state index contributed by atoms with van der Waals surface area (Å²) in [7, 11) is 0. The first-order chi connectivity index (χ1) is 31.5. The van der Waals surface area contributed by atoms with Crippen molar-refractivity contribution >= 4 is 17.9 Å². The van der Waals surface area contributed by atoms with Gasteiger partial charge in [-0.15, -0.1) is 0 Å². The van der Waals surface area contributed by atoms with E-state index >= 15 is 0 Å². The van der Waals surface area contributed by atoms with Crippen molar-refractivity contribution in [2.24, 2.45) is 0 Å². The van der Waals surface area contributed by atoms with Crippen molar-refractivity contribution in [2.45, 2.75) is 252 Å². The maximum absolute atomic E-state index is 12.8. The zero-order chi connectivity index (χ0) is 46.5. The lowest BCUT2D eigenvalue weighted by atomic mass is 10.1. The van der Waals surface area contributed by atoms with Gasteiger partial charge in [-0.1, -0.05) is 221 Å². The number of carbonyl (C=O) groups excluding carboxylic acids is 3. The Morgan fingerprint density at radius 3 is 1.02 bits per heavy atom. The van der Waals surface area contributed by atoms with Gasteiger partial charge >= 0.3 is 17.9 Å². The van der Waals surface area contributed by atoms with Crippen LogP contribution in [-0.4, -0.2) is 37.2 Å². The summed E-state index contributed by atoms with van der Waals surface area (Å²) < 4.78 is 16.8. The molecule has 0 N–H and O–H groups in total. The highest BCUT2D eigenvalue weighted by Crippen LogP contribution is 2.14. The van der Waals surface area contributed by atoms with Gasteiger partial charge in [-0.3, -0.25) is 14.4 Å². The molecule has 0 aromatic rings. The molecular weight excluding hydrogens is 793 g/mol. The molecule has 0 rings (SSSR count). The van der Waals surface area contributed by atoms with Crippen molar-refractivity contribution in [3.63, 3.8) is 0 Å². The fraction of sp³-hybridized carbons (Fsp3) is 0.707. The molecule has 0 bridgehead atoms. The second-order valence-electron chi connectivity index (χ2n) is 17.4. The number of esters is 3. The molecule has 0 amide bonds. The zero-order valence-corrected chi connectivity index (χ0v) is 41.8. The van der Waals surface area contributed by atoms with Gasteiger partial charge in [0.05, 0.1) is 0 Å². The van der Waals surface area contributed by atoms with Gasteiger partial charge in [0.15, 0.2) is 6.10 Å². The summed E-state index contributed by atoms with van der Waals surface area (Å²) in [5, 5.41) is 0. The molecule has 0 spiro atoms. The first kappa shape index (κ1) is 60.6. The molecule has 0 aromatic carbocycles. The quantitative estimate of drug-likeness (QED) is 0.0262. The second kappa shape index (κ2) is 52.2. The molecule has 0 radical (unpaired) electrons. The van der Waals surface area contributed by atoms with Crippen LogP contribution in [0, 0.1) is 0 Å². The lowest BCUT2D eigenvalue weighted by Gasteiger charge is -2.18. The van der Waals surface area contributed by atoms with Crippen LogP contribution < -0.4 is 0 Å². The van der Waals surface area contributed by atoms with Gasteiger partial charge in [0.2, 0.25) is 0 Å². The Bertz CT molecular complexity index is 1250. The van der Waals surface area contributed by atoms with Crippen LogP contribution >= 0.6 is 0 Å². The smallest absolute Gasteiger partial charge is 0.306 e. The van der Waals surface area contributed by atoms with Crippen LogP contribution in [0.2, 0.25) is 0 Å². The van der Waals surface area contributed by atoms with Crippen molar-refractivity contribution in [1.82, 2.24) is 0 Å². The Morgan fingerprint density at radius 1 is 0.328 bits per heavy atom. The first-order valence-corrected chi connectivity index (χ1v) is 26.6. The molecule has 1 atom stereocenters. The Kier molecular flexibility index (Phi) is 49.4. The standard InChI is InChI=1S/C58H98O6/c1-4-7-10-13-16-19-22-24-25-26-27-28-29-30-31-32-33-35-36-39-42-45-48-51-57(60)63-54-55(53-62-56(59)50-47-44-41-38-21-18-15-12-9-6-3)64-58(61)52-49-46-43-40-37-34-23-20-17-14-11-8-5-2/h7,10-11,14,16,19-20,23-25,27-28,30-31,55H,4-6,8-9,12-13,15,17-18,21-22,26,29,32-54H2,1-3H3/b10-7-,14-11-,19-16-,23-20-,25-24-,28-27-,31-30-. The fourth-order valence-corrected chi connectivity index (χ4v) is 7.15. The van der Waals surface area contributed by atoms with E-state index in [2.05, 4.69) is 106 Å².